The van der Waals surface area contributed by atoms with Crippen LogP contribution in [0.2, 0.25) is 0 Å². The monoisotopic (exact) mass is 335 g/mol. The highest BCUT2D eigenvalue weighted by Crippen LogP contribution is 2.20. The molecule has 0 saturated heterocycles. The molecule has 1 aliphatic carbocycles. The van der Waals surface area contributed by atoms with Crippen LogP contribution < -0.4 is 5.32 Å². The van der Waals surface area contributed by atoms with Crippen molar-refractivity contribution in [3.8, 4) is 0 Å². The third kappa shape index (κ3) is 7.89. The summed E-state index contributed by atoms with van der Waals surface area (Å²) in [4.78, 5) is 11.8. The van der Waals surface area contributed by atoms with Crippen molar-refractivity contribution in [3.63, 3.8) is 0 Å². The second-order valence-electron chi connectivity index (χ2n) is 6.31. The minimum Gasteiger partial charge on any atom is -0.378 e. The maximum Gasteiger partial charge on any atom is 0.230 e. The highest BCUT2D eigenvalue weighted by atomic mass is 32.2. The van der Waals surface area contributed by atoms with Crippen LogP contribution in [0.25, 0.3) is 0 Å². The molecule has 0 aromatic heterocycles. The predicted octanol–water partition coefficient (Wildman–Crippen LogP) is 4.08. The number of carbonyl (C=O) groups is 1. The Balaban J connectivity index is 1.46. The van der Waals surface area contributed by atoms with Crippen LogP contribution in [0.1, 0.15) is 49.7 Å². The molecule has 0 radical (unpaired) electrons. The van der Waals surface area contributed by atoms with Crippen LogP contribution in [0.5, 0.6) is 0 Å². The standard InChI is InChI=1S/C19H29NO2S/c1-16-8-10-17(11-9-16)14-23-15-19(21)20-12-5-13-22-18-6-3-2-4-7-18/h8-11,18H,2-7,12-15H2,1H3,(H,20,21). The molecule has 2 rings (SSSR count). The maximum absolute atomic E-state index is 11.8. The van der Waals surface area contributed by atoms with E-state index in [2.05, 4.69) is 36.5 Å². The number of amides is 1. The van der Waals surface area contributed by atoms with Gasteiger partial charge in [0.2, 0.25) is 5.91 Å². The fraction of sp³-hybridized carbons (Fsp3) is 0.632. The lowest BCUT2D eigenvalue weighted by Crippen LogP contribution is -2.27. The van der Waals surface area contributed by atoms with Gasteiger partial charge in [0.15, 0.2) is 0 Å². The molecule has 1 saturated carbocycles. The summed E-state index contributed by atoms with van der Waals surface area (Å²) in [5, 5.41) is 2.98. The molecule has 128 valence electrons. The van der Waals surface area contributed by atoms with E-state index in [1.54, 1.807) is 11.8 Å². The third-order valence-corrected chi connectivity index (χ3v) is 5.18. The molecule has 1 aromatic rings. The number of ether oxygens (including phenoxy) is 1. The van der Waals surface area contributed by atoms with Gasteiger partial charge in [-0.2, -0.15) is 0 Å². The number of aryl methyl sites for hydroxylation is 1. The van der Waals surface area contributed by atoms with E-state index in [4.69, 9.17) is 4.74 Å². The van der Waals surface area contributed by atoms with Gasteiger partial charge < -0.3 is 10.1 Å². The van der Waals surface area contributed by atoms with Gasteiger partial charge in [-0.25, -0.2) is 0 Å². The van der Waals surface area contributed by atoms with Gasteiger partial charge in [0, 0.05) is 18.9 Å². The summed E-state index contributed by atoms with van der Waals surface area (Å²) in [6.07, 6.45) is 7.76. The average Bonchev–Trinajstić information content (AvgIpc) is 2.57. The Labute approximate surface area is 144 Å². The molecular formula is C19H29NO2S. The second kappa shape index (κ2) is 10.7. The molecule has 23 heavy (non-hydrogen) atoms. The Morgan fingerprint density at radius 1 is 1.22 bits per heavy atom. The average molecular weight is 336 g/mol. The molecule has 0 heterocycles. The summed E-state index contributed by atoms with van der Waals surface area (Å²) in [5.74, 6) is 1.54. The minimum absolute atomic E-state index is 0.125. The SMILES string of the molecule is Cc1ccc(CSCC(=O)NCCCOC2CCCCC2)cc1. The Morgan fingerprint density at radius 3 is 2.70 bits per heavy atom. The van der Waals surface area contributed by atoms with E-state index in [0.29, 0.717) is 11.9 Å². The van der Waals surface area contributed by atoms with Gasteiger partial charge >= 0.3 is 0 Å². The number of hydrogen-bond donors (Lipinski definition) is 1. The van der Waals surface area contributed by atoms with Crippen molar-refractivity contribution in [2.75, 3.05) is 18.9 Å². The van der Waals surface area contributed by atoms with E-state index >= 15 is 0 Å². The molecule has 0 aliphatic heterocycles. The Bertz CT molecular complexity index is 455. The summed E-state index contributed by atoms with van der Waals surface area (Å²) in [7, 11) is 0. The van der Waals surface area contributed by atoms with E-state index in [1.165, 1.54) is 43.2 Å². The summed E-state index contributed by atoms with van der Waals surface area (Å²) < 4.78 is 5.86. The van der Waals surface area contributed by atoms with Gasteiger partial charge in [0.05, 0.1) is 11.9 Å². The fourth-order valence-corrected chi connectivity index (χ4v) is 3.60. The molecule has 0 unspecified atom stereocenters. The van der Waals surface area contributed by atoms with Gasteiger partial charge in [-0.05, 0) is 31.7 Å². The summed E-state index contributed by atoms with van der Waals surface area (Å²) in [6, 6.07) is 8.48. The number of carbonyl (C=O) groups excluding carboxylic acids is 1. The lowest BCUT2D eigenvalue weighted by molar-refractivity contribution is -0.118. The first-order valence-corrected chi connectivity index (χ1v) is 9.91. The normalized spacial score (nSPS) is 15.5. The third-order valence-electron chi connectivity index (χ3n) is 4.17. The zero-order valence-corrected chi connectivity index (χ0v) is 15.0. The van der Waals surface area contributed by atoms with E-state index < -0.39 is 0 Å². The van der Waals surface area contributed by atoms with Crippen molar-refractivity contribution in [1.82, 2.24) is 5.32 Å². The van der Waals surface area contributed by atoms with Crippen molar-refractivity contribution in [3.05, 3.63) is 35.4 Å². The van der Waals surface area contributed by atoms with Crippen LogP contribution >= 0.6 is 11.8 Å². The predicted molar refractivity (Wildman–Crippen MR) is 97.8 cm³/mol. The van der Waals surface area contributed by atoms with Crippen LogP contribution in [-0.4, -0.2) is 30.9 Å². The van der Waals surface area contributed by atoms with Crippen molar-refractivity contribution < 1.29 is 9.53 Å². The van der Waals surface area contributed by atoms with Crippen molar-refractivity contribution in [2.24, 2.45) is 0 Å². The Hall–Kier alpha value is -1.00. The molecule has 1 aromatic carbocycles. The number of hydrogen-bond acceptors (Lipinski definition) is 3. The molecule has 0 atom stereocenters. The maximum atomic E-state index is 11.8. The first-order chi connectivity index (χ1) is 11.2. The highest BCUT2D eigenvalue weighted by molar-refractivity contribution is 7.99. The molecule has 1 amide bonds. The summed E-state index contributed by atoms with van der Waals surface area (Å²) >= 11 is 1.66. The largest absolute Gasteiger partial charge is 0.378 e. The zero-order chi connectivity index (χ0) is 16.3. The molecule has 0 spiro atoms. The van der Waals surface area contributed by atoms with Crippen LogP contribution in [0.3, 0.4) is 0 Å². The van der Waals surface area contributed by atoms with Crippen LogP contribution in [0.15, 0.2) is 24.3 Å². The lowest BCUT2D eigenvalue weighted by Gasteiger charge is -2.21. The van der Waals surface area contributed by atoms with E-state index in [0.717, 1.165) is 25.3 Å². The molecule has 0 bridgehead atoms. The van der Waals surface area contributed by atoms with Crippen molar-refractivity contribution >= 4 is 17.7 Å². The van der Waals surface area contributed by atoms with Gasteiger partial charge in [-0.15, -0.1) is 11.8 Å². The summed E-state index contributed by atoms with van der Waals surface area (Å²) in [5.41, 5.74) is 2.54. The van der Waals surface area contributed by atoms with Crippen LogP contribution in [-0.2, 0) is 15.3 Å². The molecule has 1 fully saturated rings. The minimum atomic E-state index is 0.125. The van der Waals surface area contributed by atoms with Crippen molar-refractivity contribution in [2.45, 2.75) is 57.3 Å². The molecule has 3 nitrogen and oxygen atoms in total. The second-order valence-corrected chi connectivity index (χ2v) is 7.30. The van der Waals surface area contributed by atoms with Crippen LogP contribution in [0.4, 0.5) is 0 Å². The molecule has 1 N–H and O–H groups in total. The number of benzene rings is 1. The lowest BCUT2D eigenvalue weighted by atomic mass is 9.98. The Morgan fingerprint density at radius 2 is 1.96 bits per heavy atom. The first kappa shape index (κ1) is 18.3. The van der Waals surface area contributed by atoms with Crippen molar-refractivity contribution in [1.29, 1.82) is 0 Å². The highest BCUT2D eigenvalue weighted by Gasteiger charge is 2.13. The molecule has 4 heteroatoms. The first-order valence-electron chi connectivity index (χ1n) is 8.75. The van der Waals surface area contributed by atoms with Gasteiger partial charge in [0.1, 0.15) is 0 Å². The van der Waals surface area contributed by atoms with E-state index in [1.807, 2.05) is 0 Å². The van der Waals surface area contributed by atoms with Gasteiger partial charge in [-0.3, -0.25) is 4.79 Å². The Kier molecular flexibility index (Phi) is 8.54. The number of thioether (sulfide) groups is 1. The fourth-order valence-electron chi connectivity index (χ4n) is 2.78. The topological polar surface area (TPSA) is 38.3 Å². The van der Waals surface area contributed by atoms with Gasteiger partial charge in [0.25, 0.3) is 0 Å². The smallest absolute Gasteiger partial charge is 0.230 e. The molecule has 1 aliphatic rings. The van der Waals surface area contributed by atoms with E-state index in [9.17, 15) is 4.79 Å². The van der Waals surface area contributed by atoms with Gasteiger partial charge in [-0.1, -0.05) is 49.1 Å². The van der Waals surface area contributed by atoms with Crippen LogP contribution in [0, 0.1) is 6.92 Å². The number of rotatable bonds is 9. The molecular weight excluding hydrogens is 306 g/mol. The van der Waals surface area contributed by atoms with E-state index in [-0.39, 0.29) is 5.91 Å². The zero-order valence-electron chi connectivity index (χ0n) is 14.2. The number of nitrogens with one attached hydrogen (secondary N) is 1. The quantitative estimate of drug-likeness (QED) is 0.691. The summed E-state index contributed by atoms with van der Waals surface area (Å²) in [6.45, 7) is 3.57.